The lowest BCUT2D eigenvalue weighted by molar-refractivity contribution is 0.0646. The molecule has 0 fully saturated rings. The molecule has 0 saturated heterocycles. The molecular formula is C13H20O4S. The number of benzene rings is 1. The van der Waals surface area contributed by atoms with E-state index in [-0.39, 0.29) is 17.4 Å². The molecule has 5 heteroatoms. The van der Waals surface area contributed by atoms with Crippen LogP contribution in [-0.2, 0) is 14.3 Å². The van der Waals surface area contributed by atoms with Crippen LogP contribution in [0.25, 0.3) is 0 Å². The van der Waals surface area contributed by atoms with E-state index in [1.54, 1.807) is 12.1 Å². The highest BCUT2D eigenvalue weighted by Crippen LogP contribution is 2.15. The van der Waals surface area contributed by atoms with E-state index in [0.29, 0.717) is 0 Å². The molecule has 0 heterocycles. The largest absolute Gasteiger partial charge is 0.390 e. The van der Waals surface area contributed by atoms with Crippen molar-refractivity contribution in [1.29, 1.82) is 0 Å². The van der Waals surface area contributed by atoms with Crippen LogP contribution in [0.3, 0.4) is 0 Å². The molecule has 0 aliphatic heterocycles. The molecule has 1 rings (SSSR count). The molecule has 0 saturated carbocycles. The fourth-order valence-corrected chi connectivity index (χ4v) is 2.29. The standard InChI is InChI=1S/C13H20O4S/c1-4-11(3)13(14)9-17-18(15,16)12-7-5-10(2)6-8-12/h5-8,11,13-14H,4,9H2,1-3H3/t11?,13-/m0/s1. The predicted molar refractivity (Wildman–Crippen MR) is 69.8 cm³/mol. The quantitative estimate of drug-likeness (QED) is 0.806. The van der Waals surface area contributed by atoms with Gasteiger partial charge in [-0.1, -0.05) is 38.0 Å². The van der Waals surface area contributed by atoms with E-state index in [0.717, 1.165) is 12.0 Å². The van der Waals surface area contributed by atoms with Gasteiger partial charge < -0.3 is 5.11 Å². The summed E-state index contributed by atoms with van der Waals surface area (Å²) in [6, 6.07) is 6.42. The maximum atomic E-state index is 11.8. The van der Waals surface area contributed by atoms with Crippen LogP contribution in [0.1, 0.15) is 25.8 Å². The van der Waals surface area contributed by atoms with Gasteiger partial charge >= 0.3 is 0 Å². The molecule has 1 unspecified atom stereocenters. The molecule has 0 aromatic heterocycles. The van der Waals surface area contributed by atoms with Crippen LogP contribution in [0.15, 0.2) is 29.2 Å². The first-order valence-corrected chi connectivity index (χ1v) is 7.41. The molecule has 2 atom stereocenters. The summed E-state index contributed by atoms with van der Waals surface area (Å²) in [5, 5.41) is 9.68. The van der Waals surface area contributed by atoms with E-state index in [9.17, 15) is 13.5 Å². The summed E-state index contributed by atoms with van der Waals surface area (Å²) in [7, 11) is -3.77. The Morgan fingerprint density at radius 2 is 1.83 bits per heavy atom. The molecule has 0 amide bonds. The summed E-state index contributed by atoms with van der Waals surface area (Å²) < 4.78 is 28.5. The van der Waals surface area contributed by atoms with Gasteiger partial charge in [-0.15, -0.1) is 0 Å². The zero-order valence-corrected chi connectivity index (χ0v) is 11.8. The molecule has 102 valence electrons. The summed E-state index contributed by atoms with van der Waals surface area (Å²) in [6.07, 6.45) is 0.00461. The van der Waals surface area contributed by atoms with Gasteiger partial charge in [0.2, 0.25) is 0 Å². The molecule has 0 aliphatic rings. The topological polar surface area (TPSA) is 63.6 Å². The summed E-state index contributed by atoms with van der Waals surface area (Å²) in [5.41, 5.74) is 0.980. The molecule has 1 aromatic rings. The Morgan fingerprint density at radius 1 is 1.28 bits per heavy atom. The average Bonchev–Trinajstić information content (AvgIpc) is 2.35. The Balaban J connectivity index is 2.68. The Hall–Kier alpha value is -0.910. The van der Waals surface area contributed by atoms with E-state index in [2.05, 4.69) is 0 Å². The number of hydrogen-bond acceptors (Lipinski definition) is 4. The molecule has 4 nitrogen and oxygen atoms in total. The van der Waals surface area contributed by atoms with Crippen LogP contribution in [0.5, 0.6) is 0 Å². The fraction of sp³-hybridized carbons (Fsp3) is 0.538. The van der Waals surface area contributed by atoms with Gasteiger partial charge in [0.05, 0.1) is 17.6 Å². The zero-order valence-electron chi connectivity index (χ0n) is 11.0. The lowest BCUT2D eigenvalue weighted by Gasteiger charge is -2.16. The van der Waals surface area contributed by atoms with Gasteiger partial charge in [0.1, 0.15) is 0 Å². The maximum Gasteiger partial charge on any atom is 0.297 e. The maximum absolute atomic E-state index is 11.8. The minimum Gasteiger partial charge on any atom is -0.390 e. The van der Waals surface area contributed by atoms with Crippen LogP contribution >= 0.6 is 0 Å². The van der Waals surface area contributed by atoms with Crippen molar-refractivity contribution in [3.63, 3.8) is 0 Å². The Kier molecular flexibility index (Phi) is 5.31. The highest BCUT2D eigenvalue weighted by atomic mass is 32.2. The number of aliphatic hydroxyl groups is 1. The van der Waals surface area contributed by atoms with Crippen molar-refractivity contribution in [1.82, 2.24) is 0 Å². The van der Waals surface area contributed by atoms with Gasteiger partial charge in [-0.25, -0.2) is 0 Å². The minimum atomic E-state index is -3.77. The highest BCUT2D eigenvalue weighted by Gasteiger charge is 2.19. The van der Waals surface area contributed by atoms with Crippen LogP contribution in [0.4, 0.5) is 0 Å². The fourth-order valence-electron chi connectivity index (χ4n) is 1.37. The van der Waals surface area contributed by atoms with Crippen LogP contribution in [0, 0.1) is 12.8 Å². The molecule has 0 aliphatic carbocycles. The van der Waals surface area contributed by atoms with E-state index < -0.39 is 16.2 Å². The monoisotopic (exact) mass is 272 g/mol. The summed E-state index contributed by atoms with van der Waals surface area (Å²) in [5.74, 6) is 0.0122. The zero-order chi connectivity index (χ0) is 13.8. The first-order chi connectivity index (χ1) is 8.36. The van der Waals surface area contributed by atoms with E-state index in [1.165, 1.54) is 12.1 Å². The summed E-state index contributed by atoms with van der Waals surface area (Å²) in [4.78, 5) is 0.115. The van der Waals surface area contributed by atoms with Crippen molar-refractivity contribution in [3.8, 4) is 0 Å². The third-order valence-electron chi connectivity index (χ3n) is 3.00. The van der Waals surface area contributed by atoms with E-state index in [4.69, 9.17) is 4.18 Å². The van der Waals surface area contributed by atoms with Gasteiger partial charge in [0.25, 0.3) is 10.1 Å². The van der Waals surface area contributed by atoms with Crippen LogP contribution in [-0.4, -0.2) is 26.2 Å². The summed E-state index contributed by atoms with van der Waals surface area (Å²) in [6.45, 7) is 5.46. The summed E-state index contributed by atoms with van der Waals surface area (Å²) >= 11 is 0. The smallest absolute Gasteiger partial charge is 0.297 e. The van der Waals surface area contributed by atoms with Gasteiger partial charge in [0.15, 0.2) is 0 Å². The molecule has 1 N–H and O–H groups in total. The van der Waals surface area contributed by atoms with Crippen molar-refractivity contribution < 1.29 is 17.7 Å². The lowest BCUT2D eigenvalue weighted by atomic mass is 10.0. The molecule has 18 heavy (non-hydrogen) atoms. The second-order valence-electron chi connectivity index (χ2n) is 4.50. The average molecular weight is 272 g/mol. The van der Waals surface area contributed by atoms with Gasteiger partial charge in [-0.3, -0.25) is 4.18 Å². The third kappa shape index (κ3) is 4.08. The Labute approximate surface area is 109 Å². The van der Waals surface area contributed by atoms with Crippen molar-refractivity contribution in [3.05, 3.63) is 29.8 Å². The molecule has 0 bridgehead atoms. The number of aliphatic hydroxyl groups excluding tert-OH is 1. The van der Waals surface area contributed by atoms with Gasteiger partial charge in [-0.05, 0) is 25.0 Å². The first kappa shape index (κ1) is 15.1. The molecule has 1 aromatic carbocycles. The number of hydrogen-bond donors (Lipinski definition) is 1. The van der Waals surface area contributed by atoms with E-state index >= 15 is 0 Å². The number of aryl methyl sites for hydroxylation is 1. The van der Waals surface area contributed by atoms with E-state index in [1.807, 2.05) is 20.8 Å². The van der Waals surface area contributed by atoms with Crippen molar-refractivity contribution in [2.24, 2.45) is 5.92 Å². The van der Waals surface area contributed by atoms with Crippen molar-refractivity contribution in [2.75, 3.05) is 6.61 Å². The second kappa shape index (κ2) is 6.31. The highest BCUT2D eigenvalue weighted by molar-refractivity contribution is 7.86. The number of rotatable bonds is 6. The van der Waals surface area contributed by atoms with Crippen molar-refractivity contribution >= 4 is 10.1 Å². The Morgan fingerprint density at radius 3 is 2.33 bits per heavy atom. The molecule has 0 spiro atoms. The van der Waals surface area contributed by atoms with Crippen LogP contribution < -0.4 is 0 Å². The van der Waals surface area contributed by atoms with Gasteiger partial charge in [-0.2, -0.15) is 8.42 Å². The minimum absolute atomic E-state index is 0.0122. The normalized spacial score (nSPS) is 15.3. The predicted octanol–water partition coefficient (Wildman–Crippen LogP) is 2.11. The van der Waals surface area contributed by atoms with Gasteiger partial charge in [0, 0.05) is 0 Å². The second-order valence-corrected chi connectivity index (χ2v) is 6.12. The SMILES string of the molecule is CCC(C)[C@@H](O)COS(=O)(=O)c1ccc(C)cc1. The third-order valence-corrected chi connectivity index (χ3v) is 4.30. The Bertz CT molecular complexity index is 464. The van der Waals surface area contributed by atoms with Crippen LogP contribution in [0.2, 0.25) is 0 Å². The molecular weight excluding hydrogens is 252 g/mol. The van der Waals surface area contributed by atoms with Crippen molar-refractivity contribution in [2.45, 2.75) is 38.2 Å². The molecule has 0 radical (unpaired) electrons. The lowest BCUT2D eigenvalue weighted by Crippen LogP contribution is -2.25. The first-order valence-electron chi connectivity index (χ1n) is 6.01.